The van der Waals surface area contributed by atoms with Crippen molar-refractivity contribution in [1.29, 1.82) is 0 Å². The van der Waals surface area contributed by atoms with E-state index >= 15 is 0 Å². The molecule has 4 nitrogen and oxygen atoms in total. The van der Waals surface area contributed by atoms with Crippen molar-refractivity contribution in [2.75, 3.05) is 26.3 Å². The van der Waals surface area contributed by atoms with E-state index in [1.54, 1.807) is 18.2 Å². The number of aliphatic carboxylic acids is 1. The largest absolute Gasteiger partial charge is 0.481 e. The number of hydrogen-bond acceptors (Lipinski definition) is 3. The number of carbonyl (C=O) groups is 1. The standard InChI is InChI=1S/C18H23Cl2NO3/c19-14-6-5-12(11-15(14)20)17(18(22)23)13-3-1-2-4-16(13)21-7-9-24-10-8-21/h5-6,11,13,16-17H,1-4,7-10H2,(H,22,23). The molecule has 132 valence electrons. The third kappa shape index (κ3) is 3.88. The van der Waals surface area contributed by atoms with Crippen LogP contribution in [0.3, 0.4) is 0 Å². The third-order valence-electron chi connectivity index (χ3n) is 5.29. The van der Waals surface area contributed by atoms with Crippen LogP contribution in [-0.4, -0.2) is 48.3 Å². The molecule has 1 aromatic rings. The molecule has 1 saturated heterocycles. The molecule has 3 atom stereocenters. The highest BCUT2D eigenvalue weighted by atomic mass is 35.5. The smallest absolute Gasteiger partial charge is 0.311 e. The fraction of sp³-hybridized carbons (Fsp3) is 0.611. The highest BCUT2D eigenvalue weighted by Gasteiger charge is 2.40. The van der Waals surface area contributed by atoms with E-state index in [2.05, 4.69) is 4.90 Å². The van der Waals surface area contributed by atoms with E-state index in [9.17, 15) is 9.90 Å². The highest BCUT2D eigenvalue weighted by molar-refractivity contribution is 6.42. The molecule has 2 aliphatic rings. The van der Waals surface area contributed by atoms with E-state index in [-0.39, 0.29) is 5.92 Å². The Hall–Kier alpha value is -0.810. The van der Waals surface area contributed by atoms with Gasteiger partial charge in [-0.25, -0.2) is 0 Å². The van der Waals surface area contributed by atoms with Crippen LogP contribution in [0.4, 0.5) is 0 Å². The first kappa shape index (κ1) is 18.0. The normalized spacial score (nSPS) is 26.9. The second-order valence-corrected chi connectivity index (χ2v) is 7.47. The van der Waals surface area contributed by atoms with Crippen LogP contribution >= 0.6 is 23.2 Å². The monoisotopic (exact) mass is 371 g/mol. The lowest BCUT2D eigenvalue weighted by Crippen LogP contribution is -2.50. The molecule has 0 bridgehead atoms. The zero-order chi connectivity index (χ0) is 17.1. The van der Waals surface area contributed by atoms with Gasteiger partial charge in [0.25, 0.3) is 0 Å². The Bertz CT molecular complexity index is 590. The van der Waals surface area contributed by atoms with Crippen molar-refractivity contribution >= 4 is 29.2 Å². The van der Waals surface area contributed by atoms with Crippen LogP contribution in [0.1, 0.15) is 37.2 Å². The van der Waals surface area contributed by atoms with E-state index in [0.717, 1.165) is 57.6 Å². The van der Waals surface area contributed by atoms with Crippen molar-refractivity contribution in [3.63, 3.8) is 0 Å². The first-order valence-electron chi connectivity index (χ1n) is 8.57. The van der Waals surface area contributed by atoms with Gasteiger partial charge in [0.1, 0.15) is 0 Å². The lowest BCUT2D eigenvalue weighted by atomic mass is 9.73. The van der Waals surface area contributed by atoms with Crippen LogP contribution in [0.2, 0.25) is 10.0 Å². The van der Waals surface area contributed by atoms with Crippen molar-refractivity contribution in [2.24, 2.45) is 5.92 Å². The van der Waals surface area contributed by atoms with Crippen LogP contribution in [0, 0.1) is 5.92 Å². The van der Waals surface area contributed by atoms with Crippen LogP contribution in [0.25, 0.3) is 0 Å². The van der Waals surface area contributed by atoms with E-state index in [0.29, 0.717) is 16.1 Å². The van der Waals surface area contributed by atoms with Gasteiger partial charge >= 0.3 is 5.97 Å². The second-order valence-electron chi connectivity index (χ2n) is 6.65. The molecule has 1 saturated carbocycles. The number of halogens is 2. The number of morpholine rings is 1. The SMILES string of the molecule is O=C(O)C(c1ccc(Cl)c(Cl)c1)C1CCCCC1N1CCOCC1. The lowest BCUT2D eigenvalue weighted by Gasteiger charge is -2.43. The molecule has 1 aliphatic carbocycles. The summed E-state index contributed by atoms with van der Waals surface area (Å²) in [6.07, 6.45) is 4.22. The molecule has 1 heterocycles. The van der Waals surface area contributed by atoms with E-state index in [1.807, 2.05) is 0 Å². The lowest BCUT2D eigenvalue weighted by molar-refractivity contribution is -0.141. The molecule has 2 fully saturated rings. The molecule has 3 rings (SSSR count). The molecular formula is C18H23Cl2NO3. The topological polar surface area (TPSA) is 49.8 Å². The summed E-state index contributed by atoms with van der Waals surface area (Å²) in [5.41, 5.74) is 0.752. The molecule has 6 heteroatoms. The maximum atomic E-state index is 12.1. The number of benzene rings is 1. The van der Waals surface area contributed by atoms with Gasteiger partial charge in [-0.2, -0.15) is 0 Å². The summed E-state index contributed by atoms with van der Waals surface area (Å²) >= 11 is 12.1. The number of rotatable bonds is 4. The number of carboxylic acid groups (broad SMARTS) is 1. The molecule has 0 radical (unpaired) electrons. The first-order valence-corrected chi connectivity index (χ1v) is 9.33. The van der Waals surface area contributed by atoms with Gasteiger partial charge in [0.15, 0.2) is 0 Å². The van der Waals surface area contributed by atoms with Gasteiger partial charge in [0.05, 0.1) is 29.2 Å². The maximum Gasteiger partial charge on any atom is 0.311 e. The molecule has 1 aromatic carbocycles. The molecular weight excluding hydrogens is 349 g/mol. The molecule has 3 unspecified atom stereocenters. The fourth-order valence-corrected chi connectivity index (χ4v) is 4.48. The summed E-state index contributed by atoms with van der Waals surface area (Å²) in [6.45, 7) is 3.23. The molecule has 1 N–H and O–H groups in total. The molecule has 24 heavy (non-hydrogen) atoms. The maximum absolute atomic E-state index is 12.1. The van der Waals surface area contributed by atoms with E-state index in [4.69, 9.17) is 27.9 Å². The predicted molar refractivity (Wildman–Crippen MR) is 95.0 cm³/mol. The Labute approximate surface area is 152 Å². The van der Waals surface area contributed by atoms with Crippen molar-refractivity contribution in [2.45, 2.75) is 37.6 Å². The van der Waals surface area contributed by atoms with Gasteiger partial charge in [-0.15, -0.1) is 0 Å². The van der Waals surface area contributed by atoms with Gasteiger partial charge in [-0.1, -0.05) is 42.1 Å². The minimum atomic E-state index is -0.779. The molecule has 0 spiro atoms. The summed E-state index contributed by atoms with van der Waals surface area (Å²) in [5, 5.41) is 10.8. The van der Waals surface area contributed by atoms with E-state index < -0.39 is 11.9 Å². The fourth-order valence-electron chi connectivity index (χ4n) is 4.17. The van der Waals surface area contributed by atoms with Crippen molar-refractivity contribution in [3.8, 4) is 0 Å². The van der Waals surface area contributed by atoms with Crippen LogP contribution < -0.4 is 0 Å². The molecule has 1 aliphatic heterocycles. The average Bonchev–Trinajstić information content (AvgIpc) is 2.59. The number of carboxylic acids is 1. The van der Waals surface area contributed by atoms with Gasteiger partial charge in [0, 0.05) is 19.1 Å². The summed E-state index contributed by atoms with van der Waals surface area (Å²) in [5.74, 6) is -1.24. The zero-order valence-corrected chi connectivity index (χ0v) is 15.1. The van der Waals surface area contributed by atoms with Gasteiger partial charge in [-0.3, -0.25) is 9.69 Å². The Morgan fingerprint density at radius 3 is 2.54 bits per heavy atom. The number of ether oxygens (including phenoxy) is 1. The van der Waals surface area contributed by atoms with Crippen molar-refractivity contribution in [3.05, 3.63) is 33.8 Å². The van der Waals surface area contributed by atoms with Crippen molar-refractivity contribution < 1.29 is 14.6 Å². The Balaban J connectivity index is 1.89. The molecule has 0 aromatic heterocycles. The highest BCUT2D eigenvalue weighted by Crippen LogP contribution is 2.40. The first-order chi connectivity index (χ1) is 11.6. The molecule has 0 amide bonds. The number of nitrogens with zero attached hydrogens (tertiary/aromatic N) is 1. The van der Waals surface area contributed by atoms with Crippen molar-refractivity contribution in [1.82, 2.24) is 4.90 Å². The quantitative estimate of drug-likeness (QED) is 0.866. The summed E-state index contributed by atoms with van der Waals surface area (Å²) in [4.78, 5) is 14.5. The summed E-state index contributed by atoms with van der Waals surface area (Å²) in [6, 6.07) is 5.51. The predicted octanol–water partition coefficient (Wildman–Crippen LogP) is 4.05. The Morgan fingerprint density at radius 2 is 1.88 bits per heavy atom. The van der Waals surface area contributed by atoms with E-state index in [1.165, 1.54) is 0 Å². The van der Waals surface area contributed by atoms with Crippen LogP contribution in [-0.2, 0) is 9.53 Å². The summed E-state index contributed by atoms with van der Waals surface area (Å²) in [7, 11) is 0. The third-order valence-corrected chi connectivity index (χ3v) is 6.03. The minimum absolute atomic E-state index is 0.0894. The van der Waals surface area contributed by atoms with Crippen LogP contribution in [0.15, 0.2) is 18.2 Å². The van der Waals surface area contributed by atoms with Gasteiger partial charge in [-0.05, 0) is 36.5 Å². The zero-order valence-electron chi connectivity index (χ0n) is 13.6. The Kier molecular flexibility index (Phi) is 6.03. The Morgan fingerprint density at radius 1 is 1.17 bits per heavy atom. The summed E-state index contributed by atoms with van der Waals surface area (Å²) < 4.78 is 5.46. The average molecular weight is 372 g/mol. The number of hydrogen-bond donors (Lipinski definition) is 1. The minimum Gasteiger partial charge on any atom is -0.481 e. The van der Waals surface area contributed by atoms with Crippen LogP contribution in [0.5, 0.6) is 0 Å². The van der Waals surface area contributed by atoms with Gasteiger partial charge in [0.2, 0.25) is 0 Å². The second kappa shape index (κ2) is 8.05. The van der Waals surface area contributed by atoms with Gasteiger partial charge < -0.3 is 9.84 Å².